The summed E-state index contributed by atoms with van der Waals surface area (Å²) in [5, 5.41) is 3.57. The van der Waals surface area contributed by atoms with Gasteiger partial charge in [-0.2, -0.15) is 0 Å². The van der Waals surface area contributed by atoms with Crippen LogP contribution in [0.2, 0.25) is 0 Å². The lowest BCUT2D eigenvalue weighted by atomic mass is 10.0. The molecule has 3 N–H and O–H groups in total. The molecule has 26 heavy (non-hydrogen) atoms. The van der Waals surface area contributed by atoms with Gasteiger partial charge in [-0.3, -0.25) is 14.0 Å². The van der Waals surface area contributed by atoms with Crippen molar-refractivity contribution in [1.82, 2.24) is 14.7 Å². The number of benzene rings is 1. The van der Waals surface area contributed by atoms with Crippen LogP contribution in [0, 0.1) is 0 Å². The molecule has 1 fully saturated rings. The number of hydrogen-bond donors (Lipinski definition) is 3. The van der Waals surface area contributed by atoms with Crippen molar-refractivity contribution in [3.05, 3.63) is 50.5 Å². The first-order valence-corrected chi connectivity index (χ1v) is 9.73. The van der Waals surface area contributed by atoms with Crippen LogP contribution < -0.4 is 21.3 Å². The van der Waals surface area contributed by atoms with Crippen molar-refractivity contribution >= 4 is 27.3 Å². The Labute approximate surface area is 155 Å². The molecule has 3 heterocycles. The van der Waals surface area contributed by atoms with Crippen LogP contribution in [-0.2, 0) is 6.42 Å². The molecule has 0 amide bonds. The summed E-state index contributed by atoms with van der Waals surface area (Å²) in [6.07, 6.45) is 1.89. The van der Waals surface area contributed by atoms with E-state index in [-0.39, 0.29) is 16.5 Å². The number of H-pyrrole nitrogens is 2. The number of hydrogen-bond acceptors (Lipinski definition) is 5. The standard InChI is InChI=1S/C19H22N4O2S/c1-3-14-16(21-18(24)15-17(14)26-22-19(15)25)11-4-6-13(7-5-11)23-9-8-12(10-23)20-2/h4-7,12,20H,3,8-10H2,1-2H3,(H,21,24)(H,22,25)/t12-/m1/s1. The van der Waals surface area contributed by atoms with Crippen molar-refractivity contribution in [2.75, 3.05) is 25.0 Å². The molecule has 1 aliphatic rings. The summed E-state index contributed by atoms with van der Waals surface area (Å²) in [7, 11) is 2.01. The van der Waals surface area contributed by atoms with Gasteiger partial charge in [0, 0.05) is 24.8 Å². The maximum absolute atomic E-state index is 12.4. The average Bonchev–Trinajstić information content (AvgIpc) is 3.29. The third-order valence-corrected chi connectivity index (χ3v) is 6.15. The highest BCUT2D eigenvalue weighted by Gasteiger charge is 2.21. The van der Waals surface area contributed by atoms with Crippen molar-refractivity contribution < 1.29 is 0 Å². The second-order valence-corrected chi connectivity index (χ2v) is 7.48. The van der Waals surface area contributed by atoms with Gasteiger partial charge in [0.2, 0.25) is 0 Å². The summed E-state index contributed by atoms with van der Waals surface area (Å²) in [5.41, 5.74) is 3.34. The fourth-order valence-corrected chi connectivity index (χ4v) is 4.69. The second-order valence-electron chi connectivity index (χ2n) is 6.67. The molecule has 1 aromatic carbocycles. The Balaban J connectivity index is 1.74. The van der Waals surface area contributed by atoms with E-state index in [0.717, 1.165) is 47.5 Å². The Bertz CT molecular complexity index is 1050. The third-order valence-electron chi connectivity index (χ3n) is 5.21. The molecule has 6 nitrogen and oxygen atoms in total. The second kappa shape index (κ2) is 6.74. The van der Waals surface area contributed by atoms with Gasteiger partial charge in [-0.1, -0.05) is 30.6 Å². The van der Waals surface area contributed by atoms with E-state index in [0.29, 0.717) is 6.04 Å². The fraction of sp³-hybridized carbons (Fsp3) is 0.368. The van der Waals surface area contributed by atoms with Crippen LogP contribution in [0.25, 0.3) is 21.3 Å². The summed E-state index contributed by atoms with van der Waals surface area (Å²) < 4.78 is 3.44. The van der Waals surface area contributed by atoms with Crippen molar-refractivity contribution in [2.24, 2.45) is 0 Å². The van der Waals surface area contributed by atoms with E-state index in [1.54, 1.807) is 0 Å². The number of rotatable bonds is 4. The molecule has 3 aromatic rings. The monoisotopic (exact) mass is 370 g/mol. The minimum absolute atomic E-state index is 0.238. The zero-order chi connectivity index (χ0) is 18.3. The molecular formula is C19H22N4O2S. The van der Waals surface area contributed by atoms with Gasteiger partial charge < -0.3 is 15.2 Å². The number of aromatic amines is 2. The zero-order valence-electron chi connectivity index (χ0n) is 14.9. The SMILES string of the molecule is CCc1c(-c2ccc(N3CC[C@@H](NC)C3)cc2)[nH]c(=O)c2c(=O)[nH]sc12. The predicted molar refractivity (Wildman–Crippen MR) is 108 cm³/mol. The topological polar surface area (TPSA) is 81.0 Å². The van der Waals surface area contributed by atoms with E-state index in [1.807, 2.05) is 26.1 Å². The first-order chi connectivity index (χ1) is 12.6. The highest BCUT2D eigenvalue weighted by molar-refractivity contribution is 7.13. The predicted octanol–water partition coefficient (Wildman–Crippen LogP) is 2.31. The first kappa shape index (κ1) is 17.1. The normalized spacial score (nSPS) is 17.3. The highest BCUT2D eigenvalue weighted by atomic mass is 32.1. The van der Waals surface area contributed by atoms with Crippen LogP contribution in [0.4, 0.5) is 5.69 Å². The third kappa shape index (κ3) is 2.77. The van der Waals surface area contributed by atoms with E-state index in [2.05, 4.69) is 31.7 Å². The number of nitrogens with zero attached hydrogens (tertiary/aromatic N) is 1. The zero-order valence-corrected chi connectivity index (χ0v) is 15.7. The van der Waals surface area contributed by atoms with Gasteiger partial charge in [-0.05, 0) is 43.1 Å². The quantitative estimate of drug-likeness (QED) is 0.658. The summed E-state index contributed by atoms with van der Waals surface area (Å²) in [4.78, 5) is 29.6. The number of fused-ring (bicyclic) bond motifs is 1. The van der Waals surface area contributed by atoms with Crippen LogP contribution in [0.15, 0.2) is 33.9 Å². The Morgan fingerprint density at radius 1 is 1.23 bits per heavy atom. The molecule has 4 rings (SSSR count). The molecule has 1 saturated heterocycles. The molecule has 1 atom stereocenters. The maximum atomic E-state index is 12.4. The van der Waals surface area contributed by atoms with E-state index < -0.39 is 0 Å². The molecule has 0 radical (unpaired) electrons. The van der Waals surface area contributed by atoms with Crippen molar-refractivity contribution in [1.29, 1.82) is 0 Å². The van der Waals surface area contributed by atoms with Crippen LogP contribution in [0.5, 0.6) is 0 Å². The van der Waals surface area contributed by atoms with Gasteiger partial charge in [0.15, 0.2) is 0 Å². The lowest BCUT2D eigenvalue weighted by molar-refractivity contribution is 0.617. The smallest absolute Gasteiger partial charge is 0.271 e. The Kier molecular flexibility index (Phi) is 4.42. The molecule has 7 heteroatoms. The summed E-state index contributed by atoms with van der Waals surface area (Å²) in [5.74, 6) is 0. The summed E-state index contributed by atoms with van der Waals surface area (Å²) in [6.45, 7) is 4.10. The Morgan fingerprint density at radius 2 is 2.00 bits per heavy atom. The van der Waals surface area contributed by atoms with Crippen LogP contribution in [-0.4, -0.2) is 35.5 Å². The molecular weight excluding hydrogens is 348 g/mol. The summed E-state index contributed by atoms with van der Waals surface area (Å²) in [6, 6.07) is 8.85. The minimum Gasteiger partial charge on any atom is -0.370 e. The Morgan fingerprint density at radius 3 is 2.65 bits per heavy atom. The molecule has 0 spiro atoms. The highest BCUT2D eigenvalue weighted by Crippen LogP contribution is 2.30. The minimum atomic E-state index is -0.324. The van der Waals surface area contributed by atoms with Gasteiger partial charge in [-0.25, -0.2) is 0 Å². The largest absolute Gasteiger partial charge is 0.370 e. The van der Waals surface area contributed by atoms with Gasteiger partial charge in [0.1, 0.15) is 5.39 Å². The average molecular weight is 370 g/mol. The van der Waals surface area contributed by atoms with E-state index in [9.17, 15) is 9.59 Å². The number of pyridine rings is 1. The van der Waals surface area contributed by atoms with Crippen molar-refractivity contribution in [3.8, 4) is 11.3 Å². The van der Waals surface area contributed by atoms with Gasteiger partial charge in [0.25, 0.3) is 11.1 Å². The molecule has 0 aliphatic carbocycles. The van der Waals surface area contributed by atoms with Crippen LogP contribution >= 0.6 is 11.5 Å². The molecule has 1 aliphatic heterocycles. The van der Waals surface area contributed by atoms with E-state index >= 15 is 0 Å². The van der Waals surface area contributed by atoms with Crippen LogP contribution in [0.1, 0.15) is 18.9 Å². The lowest BCUT2D eigenvalue weighted by Crippen LogP contribution is -2.29. The Hall–Kier alpha value is -2.38. The van der Waals surface area contributed by atoms with Crippen molar-refractivity contribution in [3.63, 3.8) is 0 Å². The van der Waals surface area contributed by atoms with Crippen molar-refractivity contribution in [2.45, 2.75) is 25.8 Å². The van der Waals surface area contributed by atoms with Crippen LogP contribution in [0.3, 0.4) is 0 Å². The van der Waals surface area contributed by atoms with Gasteiger partial charge in [-0.15, -0.1) is 0 Å². The number of aryl methyl sites for hydroxylation is 1. The molecule has 0 saturated carbocycles. The molecule has 0 bridgehead atoms. The first-order valence-electron chi connectivity index (χ1n) is 8.91. The number of aromatic nitrogens is 2. The van der Waals surface area contributed by atoms with Gasteiger partial charge in [0.05, 0.1) is 10.4 Å². The number of anilines is 1. The molecule has 0 unspecified atom stereocenters. The summed E-state index contributed by atoms with van der Waals surface area (Å²) >= 11 is 1.24. The van der Waals surface area contributed by atoms with E-state index in [4.69, 9.17) is 0 Å². The molecule has 2 aromatic heterocycles. The fourth-order valence-electron chi connectivity index (χ4n) is 3.74. The lowest BCUT2D eigenvalue weighted by Gasteiger charge is -2.19. The van der Waals surface area contributed by atoms with E-state index in [1.165, 1.54) is 17.2 Å². The maximum Gasteiger partial charge on any atom is 0.271 e. The number of likely N-dealkylation sites (N-methyl/N-ethyl adjacent to an activating group) is 1. The van der Waals surface area contributed by atoms with Gasteiger partial charge >= 0.3 is 0 Å². The molecule has 136 valence electrons. The number of nitrogens with one attached hydrogen (secondary N) is 3.